The molecular weight excluding hydrogens is 548 g/mol. The standard InChI is InChI=1S/C28H30N6O6S/c1-30-12-11-29-27(30)32-15-13-31(14-16-32)25(35)24-17-23(41-26(36)21-5-3-2-4-6-21)18-33(24)28(37)40-19-20-7-9-22(10-8-20)34(38)39/h2-12,23-24H,13-19H2,1H3/t23-,24-/m0/s1. The van der Waals surface area contributed by atoms with Gasteiger partial charge >= 0.3 is 6.09 Å². The summed E-state index contributed by atoms with van der Waals surface area (Å²) in [6.07, 6.45) is 3.28. The Morgan fingerprint density at radius 3 is 2.39 bits per heavy atom. The van der Waals surface area contributed by atoms with E-state index >= 15 is 0 Å². The van der Waals surface area contributed by atoms with E-state index in [0.29, 0.717) is 43.7 Å². The van der Waals surface area contributed by atoms with Gasteiger partial charge in [-0.05, 0) is 24.1 Å². The summed E-state index contributed by atoms with van der Waals surface area (Å²) in [6.45, 7) is 2.27. The minimum Gasteiger partial charge on any atom is -0.445 e. The first kappa shape index (κ1) is 28.1. The first-order valence-corrected chi connectivity index (χ1v) is 14.1. The molecule has 1 aromatic heterocycles. The zero-order valence-corrected chi connectivity index (χ0v) is 23.3. The highest BCUT2D eigenvalue weighted by atomic mass is 32.2. The first-order chi connectivity index (χ1) is 19.8. The van der Waals surface area contributed by atoms with Crippen molar-refractivity contribution in [3.05, 3.63) is 88.2 Å². The maximum atomic E-state index is 13.7. The number of likely N-dealkylation sites (tertiary alicyclic amines) is 1. The quantitative estimate of drug-likeness (QED) is 0.306. The van der Waals surface area contributed by atoms with Crippen molar-refractivity contribution in [3.63, 3.8) is 0 Å². The maximum absolute atomic E-state index is 13.7. The van der Waals surface area contributed by atoms with Crippen LogP contribution in [0.15, 0.2) is 67.0 Å². The smallest absolute Gasteiger partial charge is 0.410 e. The molecule has 2 atom stereocenters. The van der Waals surface area contributed by atoms with Crippen LogP contribution in [0.5, 0.6) is 0 Å². The molecule has 3 aromatic rings. The molecule has 2 aliphatic heterocycles. The van der Waals surface area contributed by atoms with E-state index in [1.54, 1.807) is 35.4 Å². The lowest BCUT2D eigenvalue weighted by Crippen LogP contribution is -2.54. The van der Waals surface area contributed by atoms with Crippen molar-refractivity contribution in [1.82, 2.24) is 19.4 Å². The molecule has 0 N–H and O–H groups in total. The fraction of sp³-hybridized carbons (Fsp3) is 0.357. The van der Waals surface area contributed by atoms with E-state index in [4.69, 9.17) is 4.74 Å². The molecule has 41 heavy (non-hydrogen) atoms. The third kappa shape index (κ3) is 6.51. The predicted molar refractivity (Wildman–Crippen MR) is 153 cm³/mol. The average Bonchev–Trinajstić information content (AvgIpc) is 3.62. The van der Waals surface area contributed by atoms with E-state index in [0.717, 1.165) is 17.7 Å². The first-order valence-electron chi connectivity index (χ1n) is 13.2. The largest absolute Gasteiger partial charge is 0.445 e. The highest BCUT2D eigenvalue weighted by molar-refractivity contribution is 8.14. The van der Waals surface area contributed by atoms with Crippen molar-refractivity contribution in [2.75, 3.05) is 37.6 Å². The van der Waals surface area contributed by atoms with Gasteiger partial charge < -0.3 is 19.1 Å². The number of nitro benzene ring substituents is 1. The van der Waals surface area contributed by atoms with Crippen molar-refractivity contribution in [2.45, 2.75) is 24.3 Å². The number of hydrogen-bond acceptors (Lipinski definition) is 9. The van der Waals surface area contributed by atoms with Gasteiger partial charge in [-0.25, -0.2) is 9.78 Å². The van der Waals surface area contributed by atoms with Crippen LogP contribution < -0.4 is 4.90 Å². The molecule has 5 rings (SSSR count). The number of aryl methyl sites for hydroxylation is 1. The lowest BCUT2D eigenvalue weighted by Gasteiger charge is -2.37. The number of carbonyl (C=O) groups excluding carboxylic acids is 3. The fourth-order valence-corrected chi connectivity index (χ4v) is 6.14. The Balaban J connectivity index is 1.26. The number of hydrogen-bond donors (Lipinski definition) is 0. The van der Waals surface area contributed by atoms with E-state index in [1.165, 1.54) is 29.2 Å². The van der Waals surface area contributed by atoms with Crippen molar-refractivity contribution >= 4 is 40.5 Å². The summed E-state index contributed by atoms with van der Waals surface area (Å²) in [5.74, 6) is 0.664. The highest BCUT2D eigenvalue weighted by Gasteiger charge is 2.43. The molecule has 13 heteroatoms. The van der Waals surface area contributed by atoms with Gasteiger partial charge in [0.05, 0.1) is 4.92 Å². The second-order valence-corrected chi connectivity index (χ2v) is 11.2. The number of anilines is 1. The summed E-state index contributed by atoms with van der Waals surface area (Å²) in [6, 6.07) is 13.9. The summed E-state index contributed by atoms with van der Waals surface area (Å²) in [5, 5.41) is 10.5. The lowest BCUT2D eigenvalue weighted by atomic mass is 10.1. The van der Waals surface area contributed by atoms with E-state index in [2.05, 4.69) is 9.88 Å². The van der Waals surface area contributed by atoms with E-state index in [1.807, 2.05) is 23.9 Å². The summed E-state index contributed by atoms with van der Waals surface area (Å²) in [4.78, 5) is 60.0. The minimum atomic E-state index is -0.764. The Kier molecular flexibility index (Phi) is 8.53. The number of nitro groups is 1. The van der Waals surface area contributed by atoms with Crippen LogP contribution in [0.2, 0.25) is 0 Å². The molecule has 2 fully saturated rings. The normalized spacial score (nSPS) is 18.8. The number of piperazine rings is 1. The molecule has 0 unspecified atom stereocenters. The zero-order chi connectivity index (χ0) is 28.9. The Morgan fingerprint density at radius 1 is 1.05 bits per heavy atom. The number of carbonyl (C=O) groups is 3. The number of nitrogens with zero attached hydrogens (tertiary/aromatic N) is 6. The molecule has 3 heterocycles. The van der Waals surface area contributed by atoms with E-state index < -0.39 is 17.1 Å². The number of aromatic nitrogens is 2. The molecule has 2 amide bonds. The van der Waals surface area contributed by atoms with Crippen molar-refractivity contribution in [3.8, 4) is 0 Å². The second kappa shape index (κ2) is 12.4. The van der Waals surface area contributed by atoms with Gasteiger partial charge in [0, 0.05) is 75.1 Å². The topological polar surface area (TPSA) is 131 Å². The summed E-state index contributed by atoms with van der Waals surface area (Å²) >= 11 is 1.13. The van der Waals surface area contributed by atoms with Gasteiger partial charge in [-0.1, -0.05) is 42.1 Å². The Labute approximate surface area is 241 Å². The molecule has 2 aromatic carbocycles. The maximum Gasteiger partial charge on any atom is 0.410 e. The van der Waals surface area contributed by atoms with Gasteiger partial charge in [0.15, 0.2) is 0 Å². The number of thioether (sulfide) groups is 1. The number of rotatable bonds is 7. The van der Waals surface area contributed by atoms with E-state index in [9.17, 15) is 24.5 Å². The Bertz CT molecular complexity index is 1410. The van der Waals surface area contributed by atoms with E-state index in [-0.39, 0.29) is 35.1 Å². The number of ether oxygens (including phenoxy) is 1. The van der Waals surface area contributed by atoms with Crippen LogP contribution in [0.3, 0.4) is 0 Å². The summed E-state index contributed by atoms with van der Waals surface area (Å²) in [7, 11) is 1.92. The minimum absolute atomic E-state index is 0.0590. The number of imidazole rings is 1. The molecule has 0 bridgehead atoms. The molecule has 12 nitrogen and oxygen atoms in total. The molecule has 0 spiro atoms. The Morgan fingerprint density at radius 2 is 1.76 bits per heavy atom. The van der Waals surface area contributed by atoms with Gasteiger partial charge in [0.1, 0.15) is 12.6 Å². The zero-order valence-electron chi connectivity index (χ0n) is 22.5. The third-order valence-electron chi connectivity index (χ3n) is 7.24. The van der Waals surface area contributed by atoms with Crippen LogP contribution in [-0.2, 0) is 23.2 Å². The highest BCUT2D eigenvalue weighted by Crippen LogP contribution is 2.32. The van der Waals surface area contributed by atoms with Crippen LogP contribution in [0.4, 0.5) is 16.4 Å². The average molecular weight is 579 g/mol. The van der Waals surface area contributed by atoms with Crippen LogP contribution in [0, 0.1) is 10.1 Å². The summed E-state index contributed by atoms with van der Waals surface area (Å²) < 4.78 is 7.46. The number of benzene rings is 2. The van der Waals surface area contributed by atoms with Gasteiger partial charge in [0.2, 0.25) is 17.0 Å². The number of non-ortho nitro benzene ring substituents is 1. The van der Waals surface area contributed by atoms with Gasteiger partial charge in [-0.2, -0.15) is 0 Å². The van der Waals surface area contributed by atoms with Crippen molar-refractivity contribution in [1.29, 1.82) is 0 Å². The molecule has 0 radical (unpaired) electrons. The number of amides is 2. The van der Waals surface area contributed by atoms with Gasteiger partial charge in [0.25, 0.3) is 5.69 Å². The van der Waals surface area contributed by atoms with Crippen molar-refractivity contribution < 1.29 is 24.0 Å². The predicted octanol–water partition coefficient (Wildman–Crippen LogP) is 3.33. The van der Waals surface area contributed by atoms with Crippen LogP contribution in [-0.4, -0.2) is 85.4 Å². The SMILES string of the molecule is Cn1ccnc1N1CCN(C(=O)[C@@H]2C[C@H](SC(=O)c3ccccc3)CN2C(=O)OCc2ccc([N+](=O)[O-])cc2)CC1. The van der Waals surface area contributed by atoms with Crippen LogP contribution in [0.25, 0.3) is 0 Å². The molecule has 2 saturated heterocycles. The Hall–Kier alpha value is -4.39. The molecule has 0 saturated carbocycles. The third-order valence-corrected chi connectivity index (χ3v) is 8.37. The lowest BCUT2D eigenvalue weighted by molar-refractivity contribution is -0.384. The fourth-order valence-electron chi connectivity index (χ4n) is 5.05. The molecule has 2 aliphatic rings. The van der Waals surface area contributed by atoms with Crippen molar-refractivity contribution in [2.24, 2.45) is 7.05 Å². The summed E-state index contributed by atoms with van der Waals surface area (Å²) in [5.41, 5.74) is 1.09. The van der Waals surface area contributed by atoms with Gasteiger partial charge in [-0.15, -0.1) is 0 Å². The monoisotopic (exact) mass is 578 g/mol. The second-order valence-electron chi connectivity index (χ2n) is 9.93. The van der Waals surface area contributed by atoms with Crippen LogP contribution >= 0.6 is 11.8 Å². The molecule has 0 aliphatic carbocycles. The van der Waals surface area contributed by atoms with Crippen LogP contribution in [0.1, 0.15) is 22.3 Å². The van der Waals surface area contributed by atoms with Gasteiger partial charge in [-0.3, -0.25) is 24.6 Å². The molecular formula is C28H30N6O6S. The molecule has 214 valence electrons.